The molecule has 1 fully saturated rings. The van der Waals surface area contributed by atoms with Crippen LogP contribution in [0.15, 0.2) is 30.3 Å². The van der Waals surface area contributed by atoms with Crippen molar-refractivity contribution in [3.8, 4) is 0 Å². The van der Waals surface area contributed by atoms with Crippen molar-refractivity contribution in [2.45, 2.75) is 70.9 Å². The first-order valence-electron chi connectivity index (χ1n) is 13.8. The van der Waals surface area contributed by atoms with Crippen LogP contribution >= 0.6 is 0 Å². The van der Waals surface area contributed by atoms with Crippen molar-refractivity contribution in [1.29, 1.82) is 0 Å². The van der Waals surface area contributed by atoms with Gasteiger partial charge in [-0.3, -0.25) is 19.3 Å². The van der Waals surface area contributed by atoms with Crippen molar-refractivity contribution >= 4 is 47.8 Å². The van der Waals surface area contributed by atoms with E-state index in [1.165, 1.54) is 0 Å². The molecule has 1 saturated heterocycles. The molecule has 0 aliphatic carbocycles. The molecule has 0 saturated carbocycles. The van der Waals surface area contributed by atoms with Gasteiger partial charge in [0.1, 0.15) is 17.7 Å². The van der Waals surface area contributed by atoms with Gasteiger partial charge in [-0.25, -0.2) is 14.5 Å². The van der Waals surface area contributed by atoms with Crippen molar-refractivity contribution in [3.05, 3.63) is 35.9 Å². The molecule has 232 valence electrons. The Hall–Kier alpha value is -4.10. The average Bonchev–Trinajstić information content (AvgIpc) is 2.97. The first-order valence-corrected chi connectivity index (χ1v) is 13.8. The number of unbranched alkanes of at least 4 members (excludes halogenated alkanes) is 1. The molecular formula is C29H42N4O9. The predicted molar refractivity (Wildman–Crippen MR) is 155 cm³/mol. The number of nitrogens with two attached hydrogens (primary N) is 1. The summed E-state index contributed by atoms with van der Waals surface area (Å²) in [6.07, 6.45) is 4.40. The lowest BCUT2D eigenvalue weighted by Gasteiger charge is -2.46. The topological polar surface area (TPSA) is 208 Å². The third kappa shape index (κ3) is 8.95. The minimum absolute atomic E-state index is 0.0217. The molecule has 1 aromatic rings. The van der Waals surface area contributed by atoms with Crippen LogP contribution in [0.25, 0.3) is 6.08 Å². The third-order valence-corrected chi connectivity index (χ3v) is 7.21. The summed E-state index contributed by atoms with van der Waals surface area (Å²) in [5, 5.41) is 29.0. The maximum atomic E-state index is 13.5. The highest BCUT2D eigenvalue weighted by Crippen LogP contribution is 2.38. The number of benzene rings is 1. The number of urea groups is 1. The van der Waals surface area contributed by atoms with Crippen LogP contribution < -0.4 is 11.1 Å². The van der Waals surface area contributed by atoms with Crippen LogP contribution in [0.2, 0.25) is 0 Å². The van der Waals surface area contributed by atoms with Gasteiger partial charge in [0.25, 0.3) is 0 Å². The fourth-order valence-corrected chi connectivity index (χ4v) is 4.74. The van der Waals surface area contributed by atoms with Crippen molar-refractivity contribution in [2.24, 2.45) is 5.41 Å². The molecule has 4 amide bonds. The molecule has 0 aromatic heterocycles. The highest BCUT2D eigenvalue weighted by molar-refractivity contribution is 6.20. The number of aliphatic carboxylic acids is 2. The fourth-order valence-electron chi connectivity index (χ4n) is 4.74. The monoisotopic (exact) mass is 590 g/mol. The van der Waals surface area contributed by atoms with Crippen LogP contribution in [0.4, 0.5) is 10.5 Å². The SMILES string of the molecule is CCC1(CC)C(=O)N(C(CCC(=O)O)C(=O)O)C(=O)N([C@H](C=O)CCCCNC/C=C/c2ccc(N)cc2)C1=O.CO. The van der Waals surface area contributed by atoms with Crippen molar-refractivity contribution < 1.29 is 44.1 Å². The summed E-state index contributed by atoms with van der Waals surface area (Å²) in [5.74, 6) is -4.69. The largest absolute Gasteiger partial charge is 0.481 e. The number of carbonyl (C=O) groups excluding carboxylic acids is 4. The van der Waals surface area contributed by atoms with Gasteiger partial charge in [-0.05, 0) is 62.8 Å². The van der Waals surface area contributed by atoms with Gasteiger partial charge in [-0.2, -0.15) is 0 Å². The molecule has 1 unspecified atom stereocenters. The summed E-state index contributed by atoms with van der Waals surface area (Å²) in [6, 6.07) is 3.22. The number of nitrogens with one attached hydrogen (secondary N) is 1. The zero-order chi connectivity index (χ0) is 31.9. The Morgan fingerprint density at radius 1 is 0.976 bits per heavy atom. The standard InChI is InChI=1S/C28H38N4O8.CH4O/c1-3-28(4-2)25(38)31(27(40)32(26(28)39)22(24(36)37)14-15-23(34)35)21(18-33)9-5-6-16-30-17-7-8-19-10-12-20(29)13-11-19;1-2/h7-8,10-13,18,21-22,30H,3-6,9,14-17,29H2,1-2H3,(H,34,35)(H,36,37);2H,1H3/b8-7+;/t21-,22?;/m0./s1. The number of aliphatic hydroxyl groups excluding tert-OH is 1. The fraction of sp³-hybridized carbons (Fsp3) is 0.517. The quantitative estimate of drug-likeness (QED) is 0.0768. The summed E-state index contributed by atoms with van der Waals surface area (Å²) in [4.78, 5) is 76.6. The van der Waals surface area contributed by atoms with Crippen LogP contribution in [0, 0.1) is 5.41 Å². The Balaban J connectivity index is 0.00000431. The third-order valence-electron chi connectivity index (χ3n) is 7.21. The summed E-state index contributed by atoms with van der Waals surface area (Å²) in [6.45, 7) is 4.35. The molecule has 0 radical (unpaired) electrons. The van der Waals surface area contributed by atoms with E-state index in [0.29, 0.717) is 47.7 Å². The van der Waals surface area contributed by atoms with Crippen molar-refractivity contribution in [2.75, 3.05) is 25.9 Å². The predicted octanol–water partition coefficient (Wildman–Crippen LogP) is 2.13. The van der Waals surface area contributed by atoms with Crippen LogP contribution in [0.3, 0.4) is 0 Å². The van der Waals surface area contributed by atoms with E-state index < -0.39 is 60.1 Å². The second-order valence-corrected chi connectivity index (χ2v) is 9.68. The Labute approximate surface area is 245 Å². The number of hydrogen-bond donors (Lipinski definition) is 5. The minimum atomic E-state index is -1.79. The Kier molecular flexibility index (Phi) is 15.1. The molecule has 0 spiro atoms. The number of nitrogens with zero attached hydrogens (tertiary/aromatic N) is 2. The molecule has 2 rings (SSSR count). The Bertz CT molecular complexity index is 1120. The molecule has 42 heavy (non-hydrogen) atoms. The summed E-state index contributed by atoms with van der Waals surface area (Å²) in [5.41, 5.74) is 5.64. The number of carboxylic acids is 2. The van der Waals surface area contributed by atoms with Gasteiger partial charge in [-0.1, -0.05) is 38.1 Å². The number of anilines is 1. The summed E-state index contributed by atoms with van der Waals surface area (Å²) in [7, 11) is 1.00. The minimum Gasteiger partial charge on any atom is -0.481 e. The number of rotatable bonds is 17. The normalized spacial score (nSPS) is 16.1. The van der Waals surface area contributed by atoms with E-state index in [4.69, 9.17) is 15.9 Å². The smallest absolute Gasteiger partial charge is 0.334 e. The van der Waals surface area contributed by atoms with Gasteiger partial charge in [0.2, 0.25) is 11.8 Å². The lowest BCUT2D eigenvalue weighted by atomic mass is 9.77. The first-order chi connectivity index (χ1) is 20.0. The van der Waals surface area contributed by atoms with Crippen LogP contribution in [0.1, 0.15) is 64.4 Å². The van der Waals surface area contributed by atoms with E-state index in [2.05, 4.69) is 5.32 Å². The molecule has 1 aliphatic heterocycles. The summed E-state index contributed by atoms with van der Waals surface area (Å²) >= 11 is 0. The van der Waals surface area contributed by atoms with Gasteiger partial charge in [-0.15, -0.1) is 0 Å². The van der Waals surface area contributed by atoms with E-state index in [1.54, 1.807) is 13.8 Å². The Morgan fingerprint density at radius 2 is 1.57 bits per heavy atom. The van der Waals surface area contributed by atoms with E-state index in [1.807, 2.05) is 36.4 Å². The zero-order valence-corrected chi connectivity index (χ0v) is 24.3. The van der Waals surface area contributed by atoms with E-state index in [-0.39, 0.29) is 19.3 Å². The number of carbonyl (C=O) groups is 6. The number of barbiturate groups is 1. The molecule has 6 N–H and O–H groups in total. The van der Waals surface area contributed by atoms with Gasteiger partial charge < -0.3 is 31.2 Å². The molecule has 0 bridgehead atoms. The van der Waals surface area contributed by atoms with Crippen LogP contribution in [-0.2, 0) is 24.0 Å². The maximum absolute atomic E-state index is 13.5. The highest BCUT2D eigenvalue weighted by Gasteiger charge is 2.59. The van der Waals surface area contributed by atoms with E-state index in [9.17, 15) is 33.9 Å². The molecule has 2 atom stereocenters. The zero-order valence-electron chi connectivity index (χ0n) is 24.3. The Morgan fingerprint density at radius 3 is 2.10 bits per heavy atom. The average molecular weight is 591 g/mol. The van der Waals surface area contributed by atoms with Gasteiger partial charge >= 0.3 is 18.0 Å². The number of nitrogen functional groups attached to an aromatic ring is 1. The highest BCUT2D eigenvalue weighted by atomic mass is 16.4. The molecule has 13 nitrogen and oxygen atoms in total. The number of carboxylic acid groups (broad SMARTS) is 2. The number of aliphatic hydroxyl groups is 1. The molecular weight excluding hydrogens is 548 g/mol. The van der Waals surface area contributed by atoms with E-state index in [0.717, 1.165) is 12.7 Å². The number of hydrogen-bond acceptors (Lipinski definition) is 9. The van der Waals surface area contributed by atoms with Crippen LogP contribution in [-0.4, -0.2) is 93.5 Å². The lowest BCUT2D eigenvalue weighted by Crippen LogP contribution is -2.70. The number of aldehydes is 1. The number of amides is 4. The van der Waals surface area contributed by atoms with Gasteiger partial charge in [0.15, 0.2) is 0 Å². The maximum Gasteiger partial charge on any atom is 0.334 e. The summed E-state index contributed by atoms with van der Waals surface area (Å²) < 4.78 is 0. The van der Waals surface area contributed by atoms with Crippen molar-refractivity contribution in [1.82, 2.24) is 15.1 Å². The number of imide groups is 2. The van der Waals surface area contributed by atoms with Gasteiger partial charge in [0, 0.05) is 25.8 Å². The second-order valence-electron chi connectivity index (χ2n) is 9.68. The molecule has 1 aromatic carbocycles. The molecule has 1 aliphatic rings. The molecule has 1 heterocycles. The lowest BCUT2D eigenvalue weighted by molar-refractivity contribution is -0.167. The van der Waals surface area contributed by atoms with Crippen molar-refractivity contribution in [3.63, 3.8) is 0 Å². The molecule has 13 heteroatoms. The van der Waals surface area contributed by atoms with Crippen LogP contribution in [0.5, 0.6) is 0 Å². The van der Waals surface area contributed by atoms with E-state index >= 15 is 0 Å². The second kappa shape index (κ2) is 17.7. The van der Waals surface area contributed by atoms with Gasteiger partial charge in [0.05, 0.1) is 6.04 Å². The first kappa shape index (κ1) is 35.9.